The number of amidine groups is 1. The Hall–Kier alpha value is -2.17. The molecule has 0 saturated carbocycles. The Bertz CT molecular complexity index is 413. The van der Waals surface area contributed by atoms with Crippen molar-refractivity contribution in [2.75, 3.05) is 7.05 Å². The van der Waals surface area contributed by atoms with Crippen molar-refractivity contribution in [1.29, 1.82) is 0 Å². The van der Waals surface area contributed by atoms with Gasteiger partial charge in [0.25, 0.3) is 0 Å². The highest BCUT2D eigenvalue weighted by atomic mass is 16.3. The van der Waals surface area contributed by atoms with Crippen LogP contribution in [0.25, 0.3) is 0 Å². The molecular weight excluding hydrogens is 194 g/mol. The van der Waals surface area contributed by atoms with Gasteiger partial charge in [0.05, 0.1) is 11.4 Å². The summed E-state index contributed by atoms with van der Waals surface area (Å²) in [6, 6.07) is 4.20. The number of nitrogens with zero attached hydrogens (tertiary/aromatic N) is 1. The molecule has 1 aromatic carbocycles. The van der Waals surface area contributed by atoms with E-state index in [1.54, 1.807) is 7.05 Å². The number of benzene rings is 1. The maximum absolute atomic E-state index is 9.55. The molecule has 0 aliphatic carbocycles. The fraction of sp³-hybridized carbons (Fsp3) is 0.100. The number of aromatic hydroxyl groups is 2. The quantitative estimate of drug-likeness (QED) is 0.419. The highest BCUT2D eigenvalue weighted by Crippen LogP contribution is 2.22. The summed E-state index contributed by atoms with van der Waals surface area (Å²) in [5.41, 5.74) is 5.81. The van der Waals surface area contributed by atoms with Crippen molar-refractivity contribution < 1.29 is 10.2 Å². The molecule has 0 radical (unpaired) electrons. The van der Waals surface area contributed by atoms with Crippen molar-refractivity contribution in [3.63, 3.8) is 0 Å². The highest BCUT2D eigenvalue weighted by molar-refractivity contribution is 6.02. The van der Waals surface area contributed by atoms with Gasteiger partial charge >= 0.3 is 0 Å². The maximum atomic E-state index is 9.55. The van der Waals surface area contributed by atoms with Crippen LogP contribution in [0, 0.1) is 0 Å². The lowest BCUT2D eigenvalue weighted by Crippen LogP contribution is -2.27. The van der Waals surface area contributed by atoms with E-state index >= 15 is 0 Å². The standard InChI is InChI=1S/C10H13N3O2/c1-6(11)13-10(12-2)8-4-3-7(14)5-9(8)15/h3-5,14-15H,1,11H2,2H3,(H,12,13). The molecule has 0 aromatic heterocycles. The molecule has 0 amide bonds. The van der Waals surface area contributed by atoms with Gasteiger partial charge in [0.2, 0.25) is 0 Å². The van der Waals surface area contributed by atoms with Crippen LogP contribution < -0.4 is 11.1 Å². The number of aliphatic imine (C=N–C) groups is 1. The molecule has 0 atom stereocenters. The van der Waals surface area contributed by atoms with Gasteiger partial charge in [-0.2, -0.15) is 0 Å². The van der Waals surface area contributed by atoms with E-state index in [0.29, 0.717) is 11.4 Å². The van der Waals surface area contributed by atoms with E-state index in [9.17, 15) is 5.11 Å². The number of hydrogen-bond donors (Lipinski definition) is 4. The van der Waals surface area contributed by atoms with Crippen LogP contribution in [0.15, 0.2) is 35.6 Å². The Morgan fingerprint density at radius 1 is 1.47 bits per heavy atom. The Balaban J connectivity index is 3.08. The van der Waals surface area contributed by atoms with Gasteiger partial charge < -0.3 is 21.3 Å². The van der Waals surface area contributed by atoms with Gasteiger partial charge in [-0.25, -0.2) is 0 Å². The fourth-order valence-electron chi connectivity index (χ4n) is 1.12. The second-order valence-electron chi connectivity index (χ2n) is 2.92. The van der Waals surface area contributed by atoms with E-state index in [1.807, 2.05) is 0 Å². The van der Waals surface area contributed by atoms with E-state index in [1.165, 1.54) is 18.2 Å². The SMILES string of the molecule is C=C(N)N/C(=N\C)c1ccc(O)cc1O. The lowest BCUT2D eigenvalue weighted by molar-refractivity contribution is 0.449. The van der Waals surface area contributed by atoms with E-state index in [2.05, 4.69) is 16.9 Å². The van der Waals surface area contributed by atoms with Crippen molar-refractivity contribution >= 4 is 5.84 Å². The molecule has 5 N–H and O–H groups in total. The lowest BCUT2D eigenvalue weighted by atomic mass is 10.1. The third-order valence-electron chi connectivity index (χ3n) is 1.74. The molecule has 0 aliphatic heterocycles. The molecule has 5 nitrogen and oxygen atoms in total. The third-order valence-corrected chi connectivity index (χ3v) is 1.74. The average molecular weight is 207 g/mol. The number of rotatable bonds is 2. The normalized spacial score (nSPS) is 11.1. The van der Waals surface area contributed by atoms with Crippen molar-refractivity contribution in [1.82, 2.24) is 5.32 Å². The van der Waals surface area contributed by atoms with Gasteiger partial charge in [-0.05, 0) is 12.1 Å². The van der Waals surface area contributed by atoms with Gasteiger partial charge in [-0.15, -0.1) is 0 Å². The first-order valence-corrected chi connectivity index (χ1v) is 4.25. The largest absolute Gasteiger partial charge is 0.508 e. The number of hydrogen-bond acceptors (Lipinski definition) is 4. The van der Waals surface area contributed by atoms with Crippen molar-refractivity contribution in [2.45, 2.75) is 0 Å². The lowest BCUT2D eigenvalue weighted by Gasteiger charge is -2.10. The zero-order valence-electron chi connectivity index (χ0n) is 8.36. The molecule has 0 unspecified atom stereocenters. The summed E-state index contributed by atoms with van der Waals surface area (Å²) in [7, 11) is 1.55. The van der Waals surface area contributed by atoms with Gasteiger partial charge in [0.15, 0.2) is 0 Å². The summed E-state index contributed by atoms with van der Waals surface area (Å²) in [6.07, 6.45) is 0. The van der Waals surface area contributed by atoms with Crippen LogP contribution in [0.2, 0.25) is 0 Å². The van der Waals surface area contributed by atoms with E-state index in [4.69, 9.17) is 10.8 Å². The second-order valence-corrected chi connectivity index (χ2v) is 2.92. The first-order valence-electron chi connectivity index (χ1n) is 4.25. The van der Waals surface area contributed by atoms with Crippen LogP contribution in [-0.4, -0.2) is 23.1 Å². The number of nitrogens with one attached hydrogen (secondary N) is 1. The number of nitrogens with two attached hydrogens (primary N) is 1. The maximum Gasteiger partial charge on any atom is 0.137 e. The first-order chi connectivity index (χ1) is 7.04. The molecular formula is C10H13N3O2. The highest BCUT2D eigenvalue weighted by Gasteiger charge is 2.08. The van der Waals surface area contributed by atoms with Crippen molar-refractivity contribution in [3.8, 4) is 11.5 Å². The molecule has 5 heteroatoms. The van der Waals surface area contributed by atoms with Crippen LogP contribution in [0.3, 0.4) is 0 Å². The summed E-state index contributed by atoms with van der Waals surface area (Å²) in [4.78, 5) is 3.91. The Kier molecular flexibility index (Phi) is 3.17. The first kappa shape index (κ1) is 10.9. The van der Waals surface area contributed by atoms with Gasteiger partial charge in [0, 0.05) is 13.1 Å². The second kappa shape index (κ2) is 4.36. The Morgan fingerprint density at radius 2 is 2.13 bits per heavy atom. The zero-order valence-corrected chi connectivity index (χ0v) is 8.36. The molecule has 80 valence electrons. The molecule has 0 spiro atoms. The molecule has 0 aliphatic rings. The van der Waals surface area contributed by atoms with Crippen LogP contribution in [0.4, 0.5) is 0 Å². The molecule has 1 aromatic rings. The number of phenols is 2. The fourth-order valence-corrected chi connectivity index (χ4v) is 1.12. The van der Waals surface area contributed by atoms with Crippen LogP contribution >= 0.6 is 0 Å². The predicted molar refractivity (Wildman–Crippen MR) is 58.7 cm³/mol. The topological polar surface area (TPSA) is 90.9 Å². The zero-order chi connectivity index (χ0) is 11.4. The van der Waals surface area contributed by atoms with E-state index in [0.717, 1.165) is 0 Å². The number of phenolic OH excluding ortho intramolecular Hbond substituents is 2. The summed E-state index contributed by atoms with van der Waals surface area (Å²) in [5, 5.41) is 21.4. The Morgan fingerprint density at radius 3 is 2.60 bits per heavy atom. The smallest absolute Gasteiger partial charge is 0.137 e. The van der Waals surface area contributed by atoms with E-state index in [-0.39, 0.29) is 17.3 Å². The summed E-state index contributed by atoms with van der Waals surface area (Å²) < 4.78 is 0. The van der Waals surface area contributed by atoms with Gasteiger partial charge in [-0.1, -0.05) is 6.58 Å². The summed E-state index contributed by atoms with van der Waals surface area (Å²) in [6.45, 7) is 3.47. The Labute approximate surface area is 87.6 Å². The van der Waals surface area contributed by atoms with Crippen LogP contribution in [0.1, 0.15) is 5.56 Å². The van der Waals surface area contributed by atoms with Crippen molar-refractivity contribution in [2.24, 2.45) is 10.7 Å². The minimum Gasteiger partial charge on any atom is -0.508 e. The molecule has 0 bridgehead atoms. The molecule has 0 saturated heterocycles. The van der Waals surface area contributed by atoms with Gasteiger partial charge in [0.1, 0.15) is 17.3 Å². The summed E-state index contributed by atoms with van der Waals surface area (Å²) in [5.74, 6) is 0.519. The molecule has 0 fully saturated rings. The average Bonchev–Trinajstić information content (AvgIpc) is 2.14. The monoisotopic (exact) mass is 207 g/mol. The summed E-state index contributed by atoms with van der Waals surface area (Å²) >= 11 is 0. The minimum absolute atomic E-state index is 0.0155. The van der Waals surface area contributed by atoms with E-state index < -0.39 is 0 Å². The van der Waals surface area contributed by atoms with Crippen LogP contribution in [-0.2, 0) is 0 Å². The molecule has 1 rings (SSSR count). The minimum atomic E-state index is -0.0793. The molecule has 15 heavy (non-hydrogen) atoms. The van der Waals surface area contributed by atoms with Crippen molar-refractivity contribution in [3.05, 3.63) is 36.2 Å². The van der Waals surface area contributed by atoms with Crippen LogP contribution in [0.5, 0.6) is 11.5 Å². The van der Waals surface area contributed by atoms with Gasteiger partial charge in [-0.3, -0.25) is 4.99 Å². The molecule has 0 heterocycles. The third kappa shape index (κ3) is 2.63. The predicted octanol–water partition coefficient (Wildman–Crippen LogP) is 0.494.